The number of hydrogen-bond acceptors (Lipinski definition) is 12. The number of alkyl halides is 8. The second-order valence-electron chi connectivity index (χ2n) is 11.3. The summed E-state index contributed by atoms with van der Waals surface area (Å²) < 4.78 is 129. The molecular weight excluding hydrogens is 702 g/mol. The predicted octanol–water partition coefficient (Wildman–Crippen LogP) is 3.51. The molecule has 6 atom stereocenters. The van der Waals surface area contributed by atoms with E-state index in [2.05, 4.69) is 14.7 Å². The molecule has 1 saturated carbocycles. The van der Waals surface area contributed by atoms with Gasteiger partial charge in [-0.25, -0.2) is 9.97 Å². The molecule has 2 aromatic heterocycles. The van der Waals surface area contributed by atoms with Gasteiger partial charge in [-0.3, -0.25) is 0 Å². The van der Waals surface area contributed by atoms with Gasteiger partial charge in [-0.2, -0.15) is 35.1 Å². The van der Waals surface area contributed by atoms with E-state index < -0.39 is 72.7 Å². The van der Waals surface area contributed by atoms with Crippen LogP contribution in [0.1, 0.15) is 39.8 Å². The van der Waals surface area contributed by atoms with Crippen molar-refractivity contribution < 1.29 is 74.5 Å². The zero-order valence-corrected chi connectivity index (χ0v) is 25.6. The second kappa shape index (κ2) is 14.1. The van der Waals surface area contributed by atoms with Gasteiger partial charge in [0.1, 0.15) is 23.3 Å². The van der Waals surface area contributed by atoms with Crippen LogP contribution in [0.15, 0.2) is 42.7 Å². The standard InChI is InChI=1S/C29H29F8N3O8S/c30-26(31)47-16-5-2-13(8-17(16)45-14-3-4-14)15(19-10-40-25(49-19)27(44,28(32,33)34)29(35,36)37)7-12-1-6-20(39-9-12)48-24-21(38)23(43)22(42)18(11-41)46-24/h1-2,5-6,8-10,14-15,18,21-24,26,41-44H,3-4,7,11,38H2/t15-,18?,21?,22+,23-,24-/m0/s1. The van der Waals surface area contributed by atoms with Crippen LogP contribution in [-0.2, 0) is 16.8 Å². The highest BCUT2D eigenvalue weighted by Gasteiger charge is 2.73. The van der Waals surface area contributed by atoms with Crippen molar-refractivity contribution >= 4 is 11.3 Å². The van der Waals surface area contributed by atoms with Gasteiger partial charge in [0.05, 0.1) is 18.8 Å². The van der Waals surface area contributed by atoms with Crippen LogP contribution in [0.4, 0.5) is 35.1 Å². The number of halogens is 8. The molecule has 0 radical (unpaired) electrons. The Morgan fingerprint density at radius 3 is 2.20 bits per heavy atom. The third-order valence-corrected chi connectivity index (χ3v) is 9.02. The van der Waals surface area contributed by atoms with Gasteiger partial charge in [-0.05, 0) is 42.5 Å². The fourth-order valence-corrected chi connectivity index (χ4v) is 6.13. The van der Waals surface area contributed by atoms with E-state index in [0.717, 1.165) is 12.3 Å². The van der Waals surface area contributed by atoms with Crippen LogP contribution in [-0.4, -0.2) is 92.7 Å². The van der Waals surface area contributed by atoms with E-state index in [1.54, 1.807) is 0 Å². The molecule has 270 valence electrons. The van der Waals surface area contributed by atoms with Gasteiger partial charge >= 0.3 is 24.6 Å². The molecule has 3 aromatic rings. The average molecular weight is 732 g/mol. The first-order chi connectivity index (χ1) is 22.9. The maximum absolute atomic E-state index is 13.6. The first kappa shape index (κ1) is 36.9. The predicted molar refractivity (Wildman–Crippen MR) is 151 cm³/mol. The molecule has 1 aliphatic carbocycles. The van der Waals surface area contributed by atoms with Crippen molar-refractivity contribution in [3.05, 3.63) is 63.7 Å². The van der Waals surface area contributed by atoms with E-state index in [1.807, 2.05) is 0 Å². The highest BCUT2D eigenvalue weighted by Crippen LogP contribution is 2.52. The maximum atomic E-state index is 13.6. The lowest BCUT2D eigenvalue weighted by molar-refractivity contribution is -0.376. The van der Waals surface area contributed by atoms with E-state index >= 15 is 0 Å². The first-order valence-corrected chi connectivity index (χ1v) is 15.3. The summed E-state index contributed by atoms with van der Waals surface area (Å²) in [6, 6.07) is 5.20. The highest BCUT2D eigenvalue weighted by atomic mass is 32.1. The lowest BCUT2D eigenvalue weighted by Gasteiger charge is -2.40. The topological polar surface area (TPSA) is 170 Å². The maximum Gasteiger partial charge on any atom is 0.433 e. The summed E-state index contributed by atoms with van der Waals surface area (Å²) in [4.78, 5) is 7.27. The Labute approximate surface area is 275 Å². The summed E-state index contributed by atoms with van der Waals surface area (Å²) in [6.07, 6.45) is -15.2. The number of nitrogens with two attached hydrogens (primary N) is 1. The number of aliphatic hydroxyl groups excluding tert-OH is 3. The molecule has 0 bridgehead atoms. The van der Waals surface area contributed by atoms with E-state index in [1.165, 1.54) is 30.5 Å². The average Bonchev–Trinajstić information content (AvgIpc) is 3.71. The number of hydrogen-bond donors (Lipinski definition) is 5. The minimum absolute atomic E-state index is 0.0412. The van der Waals surface area contributed by atoms with E-state index in [4.69, 9.17) is 19.9 Å². The minimum Gasteiger partial charge on any atom is -0.487 e. The van der Waals surface area contributed by atoms with Crippen molar-refractivity contribution in [2.24, 2.45) is 5.73 Å². The lowest BCUT2D eigenvalue weighted by atomic mass is 9.91. The van der Waals surface area contributed by atoms with Crippen molar-refractivity contribution in [1.29, 1.82) is 0 Å². The van der Waals surface area contributed by atoms with Gasteiger partial charge < -0.3 is 45.1 Å². The minimum atomic E-state index is -6.18. The molecule has 2 fully saturated rings. The smallest absolute Gasteiger partial charge is 0.433 e. The number of rotatable bonds is 12. The Morgan fingerprint density at radius 1 is 0.939 bits per heavy atom. The Morgan fingerprint density at radius 2 is 1.63 bits per heavy atom. The molecule has 1 saturated heterocycles. The molecule has 20 heteroatoms. The number of pyridine rings is 1. The number of benzene rings is 1. The van der Waals surface area contributed by atoms with Crippen LogP contribution in [0.3, 0.4) is 0 Å². The zero-order valence-electron chi connectivity index (χ0n) is 24.8. The van der Waals surface area contributed by atoms with Gasteiger partial charge in [0.15, 0.2) is 11.5 Å². The Bertz CT molecular complexity index is 1560. The third kappa shape index (κ3) is 7.84. The molecule has 3 heterocycles. The normalized spacial score (nSPS) is 24.2. The first-order valence-electron chi connectivity index (χ1n) is 14.5. The van der Waals surface area contributed by atoms with Crippen molar-refractivity contribution in [1.82, 2.24) is 9.97 Å². The van der Waals surface area contributed by atoms with Crippen molar-refractivity contribution in [3.8, 4) is 17.4 Å². The molecule has 0 amide bonds. The molecule has 2 aliphatic rings. The Balaban J connectivity index is 1.48. The summed E-state index contributed by atoms with van der Waals surface area (Å²) in [5.74, 6) is -1.65. The van der Waals surface area contributed by atoms with Crippen molar-refractivity contribution in [3.63, 3.8) is 0 Å². The Hall–Kier alpha value is -3.40. The molecule has 49 heavy (non-hydrogen) atoms. The number of ether oxygens (including phenoxy) is 4. The van der Waals surface area contributed by atoms with Crippen LogP contribution in [0.2, 0.25) is 0 Å². The molecule has 0 spiro atoms. The SMILES string of the molecule is NC1[C@H](Oc2ccc(C[C@@H](c3ccc(OC(F)F)c(OC4CC4)c3)c3cnc(C(O)(C(F)(F)F)C(F)(F)F)s3)cn2)OC(CO)[C@@H](O)[C@H]1O. The summed E-state index contributed by atoms with van der Waals surface area (Å²) in [7, 11) is 0. The van der Waals surface area contributed by atoms with Crippen LogP contribution >= 0.6 is 11.3 Å². The largest absolute Gasteiger partial charge is 0.487 e. The van der Waals surface area contributed by atoms with Gasteiger partial charge in [0, 0.05) is 29.3 Å². The summed E-state index contributed by atoms with van der Waals surface area (Å²) >= 11 is -0.0412. The molecule has 6 N–H and O–H groups in total. The van der Waals surface area contributed by atoms with Crippen LogP contribution < -0.4 is 19.9 Å². The monoisotopic (exact) mass is 731 g/mol. The molecule has 1 aromatic carbocycles. The van der Waals surface area contributed by atoms with Gasteiger partial charge in [0.2, 0.25) is 12.2 Å². The summed E-state index contributed by atoms with van der Waals surface area (Å²) in [6.45, 7) is -3.89. The van der Waals surface area contributed by atoms with Crippen molar-refractivity contribution in [2.75, 3.05) is 6.61 Å². The molecule has 11 nitrogen and oxygen atoms in total. The zero-order chi connectivity index (χ0) is 35.9. The number of thiazole rings is 1. The number of aliphatic hydroxyl groups is 4. The number of nitrogens with zero attached hydrogens (tertiary/aromatic N) is 2. The quantitative estimate of drug-likeness (QED) is 0.173. The third-order valence-electron chi connectivity index (χ3n) is 7.80. The van der Waals surface area contributed by atoms with Gasteiger partial charge in [-0.1, -0.05) is 12.1 Å². The molecule has 5 rings (SSSR count). The van der Waals surface area contributed by atoms with E-state index in [9.17, 15) is 55.5 Å². The van der Waals surface area contributed by atoms with Crippen LogP contribution in [0.5, 0.6) is 17.4 Å². The second-order valence-corrected chi connectivity index (χ2v) is 12.4. The summed E-state index contributed by atoms with van der Waals surface area (Å²) in [5, 5.41) is 37.8. The van der Waals surface area contributed by atoms with Gasteiger partial charge in [-0.15, -0.1) is 11.3 Å². The fraction of sp³-hybridized carbons (Fsp3) is 0.517. The Kier molecular flexibility index (Phi) is 10.6. The van der Waals surface area contributed by atoms with E-state index in [0.29, 0.717) is 18.4 Å². The highest BCUT2D eigenvalue weighted by molar-refractivity contribution is 7.11. The molecule has 2 unspecified atom stereocenters. The fourth-order valence-electron chi connectivity index (χ4n) is 4.96. The summed E-state index contributed by atoms with van der Waals surface area (Å²) in [5.41, 5.74) is 1.16. The van der Waals surface area contributed by atoms with E-state index in [-0.39, 0.29) is 51.7 Å². The number of aromatic nitrogens is 2. The molecular formula is C29H29F8N3O8S. The van der Waals surface area contributed by atoms with Crippen LogP contribution in [0.25, 0.3) is 0 Å². The van der Waals surface area contributed by atoms with Crippen molar-refractivity contribution in [2.45, 2.75) is 86.5 Å². The molecule has 1 aliphatic heterocycles. The lowest BCUT2D eigenvalue weighted by Crippen LogP contribution is -2.63. The van der Waals surface area contributed by atoms with Crippen LogP contribution in [0, 0.1) is 0 Å². The van der Waals surface area contributed by atoms with Gasteiger partial charge in [0.25, 0.3) is 0 Å².